The minimum atomic E-state index is -4.35. The van der Waals surface area contributed by atoms with Crippen molar-refractivity contribution in [2.75, 3.05) is 0 Å². The van der Waals surface area contributed by atoms with Crippen LogP contribution < -0.4 is 5.32 Å². The molecule has 0 bridgehead atoms. The third-order valence-corrected chi connectivity index (χ3v) is 3.84. The van der Waals surface area contributed by atoms with Gasteiger partial charge in [0, 0.05) is 0 Å². The fourth-order valence-corrected chi connectivity index (χ4v) is 1.63. The molecular weight excluding hydrogens is 246 g/mol. The third kappa shape index (κ3) is 4.40. The van der Waals surface area contributed by atoms with E-state index in [-0.39, 0.29) is 40.6 Å². The Balaban J connectivity index is -0.000000282. The average molecular weight is 263 g/mol. The summed E-state index contributed by atoms with van der Waals surface area (Å²) >= 11 is 0. The fourth-order valence-electron chi connectivity index (χ4n) is 0.802. The Bertz CT molecular complexity index is 347. The van der Waals surface area contributed by atoms with Crippen LogP contribution in [0.4, 0.5) is 0 Å². The smallest absolute Gasteiger partial charge is 1.00 e. The maximum absolute atomic E-state index is 11.1. The summed E-state index contributed by atoms with van der Waals surface area (Å²) in [4.78, 5) is 9.29. The van der Waals surface area contributed by atoms with E-state index in [1.807, 2.05) is 0 Å². The van der Waals surface area contributed by atoms with Crippen LogP contribution in [0, 0.1) is 5.92 Å². The standard InChI is InChI=1S/C8H15NO4S.Ca.2H/c1-5-7(10)9-8(4,6(2)3)14(11,12)13;;;/h5-6H,1H2,2-4H3,(H,9,10)(H,11,12,13);;;/q;+2;2*-1. The van der Waals surface area contributed by atoms with E-state index >= 15 is 0 Å². The van der Waals surface area contributed by atoms with Crippen LogP contribution in [0.5, 0.6) is 0 Å². The van der Waals surface area contributed by atoms with E-state index in [1.165, 1.54) is 6.92 Å². The van der Waals surface area contributed by atoms with Gasteiger partial charge in [0.1, 0.15) is 0 Å². The molecule has 0 aromatic rings. The summed E-state index contributed by atoms with van der Waals surface area (Å²) in [5.41, 5.74) is 0. The van der Waals surface area contributed by atoms with Crippen LogP contribution in [-0.2, 0) is 14.9 Å². The summed E-state index contributed by atoms with van der Waals surface area (Å²) in [6.45, 7) is 7.60. The molecule has 7 heteroatoms. The van der Waals surface area contributed by atoms with E-state index in [9.17, 15) is 13.2 Å². The van der Waals surface area contributed by atoms with Gasteiger partial charge < -0.3 is 8.17 Å². The quantitative estimate of drug-likeness (QED) is 0.437. The summed E-state index contributed by atoms with van der Waals surface area (Å²) in [5.74, 6) is -1.10. The zero-order valence-corrected chi connectivity index (χ0v) is 12.2. The zero-order valence-electron chi connectivity index (χ0n) is 11.1. The number of carbonyl (C=O) groups excluding carboxylic acids is 1. The number of amides is 1. The maximum atomic E-state index is 11.1. The topological polar surface area (TPSA) is 83.5 Å². The predicted octanol–water partition coefficient (Wildman–Crippen LogP) is 0.393. The molecule has 0 aliphatic carbocycles. The molecule has 0 saturated heterocycles. The molecule has 0 fully saturated rings. The molecule has 0 radical (unpaired) electrons. The van der Waals surface area contributed by atoms with E-state index in [4.69, 9.17) is 4.55 Å². The second kappa shape index (κ2) is 6.20. The molecule has 1 unspecified atom stereocenters. The second-order valence-electron chi connectivity index (χ2n) is 3.43. The second-order valence-corrected chi connectivity index (χ2v) is 5.23. The van der Waals surface area contributed by atoms with Crippen molar-refractivity contribution in [3.63, 3.8) is 0 Å². The van der Waals surface area contributed by atoms with E-state index in [0.717, 1.165) is 6.08 Å². The molecule has 0 saturated carbocycles. The van der Waals surface area contributed by atoms with Gasteiger partial charge in [0.25, 0.3) is 10.1 Å². The SMILES string of the molecule is C=CC(=O)NC(C)(C(C)C)S(=O)(=O)O.[Ca+2].[H-].[H-]. The van der Waals surface area contributed by atoms with Crippen molar-refractivity contribution in [3.8, 4) is 0 Å². The summed E-state index contributed by atoms with van der Waals surface area (Å²) in [6, 6.07) is 0. The van der Waals surface area contributed by atoms with Crippen molar-refractivity contribution in [3.05, 3.63) is 12.7 Å². The van der Waals surface area contributed by atoms with Gasteiger partial charge >= 0.3 is 37.7 Å². The first-order valence-corrected chi connectivity index (χ1v) is 5.50. The predicted molar refractivity (Wildman–Crippen MR) is 61.1 cm³/mol. The Kier molecular flexibility index (Phi) is 7.34. The van der Waals surface area contributed by atoms with Gasteiger partial charge in [-0.3, -0.25) is 9.35 Å². The molecule has 2 N–H and O–H groups in total. The van der Waals surface area contributed by atoms with E-state index < -0.39 is 26.8 Å². The minimum absolute atomic E-state index is 0. The van der Waals surface area contributed by atoms with Gasteiger partial charge in [-0.15, -0.1) is 0 Å². The Hall–Kier alpha value is 0.380. The molecule has 1 amide bonds. The third-order valence-electron chi connectivity index (χ3n) is 2.19. The van der Waals surface area contributed by atoms with E-state index in [2.05, 4.69) is 11.9 Å². The van der Waals surface area contributed by atoms with Crippen LogP contribution in [0.3, 0.4) is 0 Å². The van der Waals surface area contributed by atoms with Crippen LogP contribution in [0.15, 0.2) is 12.7 Å². The summed E-state index contributed by atoms with van der Waals surface area (Å²) in [7, 11) is -4.35. The minimum Gasteiger partial charge on any atom is -1.00 e. The number of hydrogen-bond acceptors (Lipinski definition) is 3. The number of carbonyl (C=O) groups is 1. The van der Waals surface area contributed by atoms with Crippen molar-refractivity contribution >= 4 is 53.8 Å². The van der Waals surface area contributed by atoms with Crippen LogP contribution in [0.25, 0.3) is 0 Å². The normalized spacial score (nSPS) is 15.0. The van der Waals surface area contributed by atoms with Gasteiger partial charge in [-0.1, -0.05) is 20.4 Å². The van der Waals surface area contributed by atoms with Crippen molar-refractivity contribution in [1.82, 2.24) is 5.32 Å². The van der Waals surface area contributed by atoms with Crippen LogP contribution in [0.1, 0.15) is 23.6 Å². The molecule has 0 aromatic carbocycles. The summed E-state index contributed by atoms with van der Waals surface area (Å²) in [6.07, 6.45) is 0.950. The van der Waals surface area contributed by atoms with E-state index in [0.29, 0.717) is 0 Å². The maximum Gasteiger partial charge on any atom is 2.00 e. The van der Waals surface area contributed by atoms with Gasteiger partial charge in [0.2, 0.25) is 5.91 Å². The van der Waals surface area contributed by atoms with Gasteiger partial charge in [-0.2, -0.15) is 8.42 Å². The number of rotatable bonds is 4. The molecule has 0 spiro atoms. The van der Waals surface area contributed by atoms with Crippen molar-refractivity contribution < 1.29 is 20.6 Å². The van der Waals surface area contributed by atoms with Crippen LogP contribution >= 0.6 is 0 Å². The molecule has 86 valence electrons. The summed E-state index contributed by atoms with van der Waals surface area (Å²) in [5, 5.41) is 2.19. The Morgan fingerprint density at radius 2 is 2.00 bits per heavy atom. The van der Waals surface area contributed by atoms with Crippen molar-refractivity contribution in [2.24, 2.45) is 5.92 Å². The molecule has 1 atom stereocenters. The molecule has 0 aromatic heterocycles. The molecule has 0 rings (SSSR count). The van der Waals surface area contributed by atoms with Gasteiger partial charge in [0.15, 0.2) is 4.87 Å². The fraction of sp³-hybridized carbons (Fsp3) is 0.625. The summed E-state index contributed by atoms with van der Waals surface area (Å²) < 4.78 is 31.1. The van der Waals surface area contributed by atoms with Crippen molar-refractivity contribution in [1.29, 1.82) is 0 Å². The Morgan fingerprint density at radius 1 is 1.60 bits per heavy atom. The number of hydrogen-bond donors (Lipinski definition) is 2. The van der Waals surface area contributed by atoms with Gasteiger partial charge in [-0.05, 0) is 18.9 Å². The van der Waals surface area contributed by atoms with Crippen LogP contribution in [0.2, 0.25) is 0 Å². The van der Waals surface area contributed by atoms with Gasteiger partial charge in [-0.25, -0.2) is 0 Å². The molecule has 15 heavy (non-hydrogen) atoms. The van der Waals surface area contributed by atoms with E-state index in [1.54, 1.807) is 13.8 Å². The molecule has 5 nitrogen and oxygen atoms in total. The molecular formula is C8H17CaNO4S. The Morgan fingerprint density at radius 3 is 2.20 bits per heavy atom. The first kappa shape index (κ1) is 17.8. The molecule has 0 aliphatic rings. The largest absolute Gasteiger partial charge is 2.00 e. The first-order chi connectivity index (χ1) is 6.15. The molecule has 0 heterocycles. The zero-order chi connectivity index (χ0) is 11.6. The average Bonchev–Trinajstić information content (AvgIpc) is 2.01. The van der Waals surface area contributed by atoms with Crippen molar-refractivity contribution in [2.45, 2.75) is 25.6 Å². The monoisotopic (exact) mass is 263 g/mol. The van der Waals surface area contributed by atoms with Crippen LogP contribution in [-0.4, -0.2) is 61.5 Å². The number of nitrogens with one attached hydrogen (secondary N) is 1. The Labute approximate surface area is 123 Å². The first-order valence-electron chi connectivity index (χ1n) is 4.06. The molecule has 0 aliphatic heterocycles. The van der Waals surface area contributed by atoms with Gasteiger partial charge in [0.05, 0.1) is 0 Å².